The number of nitrogens with zero attached hydrogens (tertiary/aromatic N) is 3. The molecule has 108 valence electrons. The molecule has 0 N–H and O–H groups in total. The summed E-state index contributed by atoms with van der Waals surface area (Å²) in [5.41, 5.74) is 0.705. The maximum atomic E-state index is 12.2. The predicted octanol–water partition coefficient (Wildman–Crippen LogP) is 0.897. The highest BCUT2D eigenvalue weighted by molar-refractivity contribution is 7.91. The fourth-order valence-corrected chi connectivity index (χ4v) is 2.98. The summed E-state index contributed by atoms with van der Waals surface area (Å²) >= 11 is 0. The molecule has 7 heteroatoms. The van der Waals surface area contributed by atoms with Crippen molar-refractivity contribution in [2.45, 2.75) is 18.4 Å². The summed E-state index contributed by atoms with van der Waals surface area (Å²) in [6.45, 7) is 1.73. The summed E-state index contributed by atoms with van der Waals surface area (Å²) in [5, 5.41) is 8.69. The minimum atomic E-state index is -3.51. The van der Waals surface area contributed by atoms with Crippen LogP contribution in [0.15, 0.2) is 46.3 Å². The van der Waals surface area contributed by atoms with Crippen molar-refractivity contribution in [2.75, 3.05) is 5.75 Å². The summed E-state index contributed by atoms with van der Waals surface area (Å²) in [5.74, 6) is -0.205. The molecule has 0 aliphatic rings. The third-order valence-corrected chi connectivity index (χ3v) is 4.67. The predicted molar refractivity (Wildman–Crippen MR) is 76.4 cm³/mol. The Morgan fingerprint density at radius 3 is 2.52 bits per heavy atom. The molecule has 0 saturated carbocycles. The first-order chi connectivity index (χ1) is 9.92. The minimum absolute atomic E-state index is 0.0362. The molecule has 0 amide bonds. The van der Waals surface area contributed by atoms with Crippen LogP contribution in [0, 0.1) is 18.3 Å². The lowest BCUT2D eigenvalue weighted by molar-refractivity contribution is 0.586. The fourth-order valence-electron chi connectivity index (χ4n) is 1.76. The highest BCUT2D eigenvalue weighted by Gasteiger charge is 2.14. The molecule has 0 bridgehead atoms. The van der Waals surface area contributed by atoms with Crippen LogP contribution in [0.2, 0.25) is 0 Å². The third kappa shape index (κ3) is 3.55. The third-order valence-electron chi connectivity index (χ3n) is 2.96. The molecule has 6 nitrogen and oxygen atoms in total. The van der Waals surface area contributed by atoms with E-state index in [4.69, 9.17) is 5.26 Å². The van der Waals surface area contributed by atoms with Crippen molar-refractivity contribution < 1.29 is 8.42 Å². The molecule has 21 heavy (non-hydrogen) atoms. The van der Waals surface area contributed by atoms with Gasteiger partial charge < -0.3 is 0 Å². The van der Waals surface area contributed by atoms with E-state index in [1.165, 1.54) is 41.2 Å². The first-order valence-electron chi connectivity index (χ1n) is 6.18. The van der Waals surface area contributed by atoms with Gasteiger partial charge in [0, 0.05) is 18.3 Å². The van der Waals surface area contributed by atoms with Gasteiger partial charge >= 0.3 is 0 Å². The molecule has 0 spiro atoms. The second-order valence-electron chi connectivity index (χ2n) is 4.52. The summed E-state index contributed by atoms with van der Waals surface area (Å²) in [6.07, 6.45) is 1.34. The van der Waals surface area contributed by atoms with Crippen LogP contribution in [0.5, 0.6) is 0 Å². The Labute approximate surface area is 122 Å². The zero-order valence-electron chi connectivity index (χ0n) is 11.4. The molecule has 0 aliphatic carbocycles. The molecule has 0 atom stereocenters. The van der Waals surface area contributed by atoms with E-state index in [0.29, 0.717) is 11.3 Å². The van der Waals surface area contributed by atoms with Gasteiger partial charge in [-0.05, 0) is 31.2 Å². The van der Waals surface area contributed by atoms with E-state index in [-0.39, 0.29) is 22.8 Å². The molecule has 0 fully saturated rings. The smallest absolute Gasteiger partial charge is 0.253 e. The zero-order valence-corrected chi connectivity index (χ0v) is 12.2. The van der Waals surface area contributed by atoms with Crippen molar-refractivity contribution in [2.24, 2.45) is 0 Å². The van der Waals surface area contributed by atoms with Crippen molar-refractivity contribution in [3.05, 3.63) is 58.3 Å². The number of hydrogen-bond donors (Lipinski definition) is 0. The fraction of sp³-hybridized carbons (Fsp3) is 0.214. The van der Waals surface area contributed by atoms with Crippen molar-refractivity contribution in [1.29, 1.82) is 5.26 Å². The highest BCUT2D eigenvalue weighted by atomic mass is 32.2. The summed E-state index contributed by atoms with van der Waals surface area (Å²) in [7, 11) is -3.51. The topological polar surface area (TPSA) is 92.8 Å². The second kappa shape index (κ2) is 5.89. The molecule has 1 aromatic carbocycles. The van der Waals surface area contributed by atoms with E-state index < -0.39 is 9.84 Å². The van der Waals surface area contributed by atoms with Crippen LogP contribution in [0.25, 0.3) is 0 Å². The van der Waals surface area contributed by atoms with E-state index in [2.05, 4.69) is 4.98 Å². The van der Waals surface area contributed by atoms with Gasteiger partial charge in [-0.2, -0.15) is 5.26 Å². The first kappa shape index (κ1) is 14.9. The number of nitriles is 1. The van der Waals surface area contributed by atoms with E-state index in [9.17, 15) is 13.2 Å². The average molecular weight is 303 g/mol. The molecule has 0 unspecified atom stereocenters. The van der Waals surface area contributed by atoms with Gasteiger partial charge in [-0.15, -0.1) is 0 Å². The van der Waals surface area contributed by atoms with Crippen molar-refractivity contribution in [1.82, 2.24) is 9.55 Å². The molecule has 0 radical (unpaired) electrons. The zero-order chi connectivity index (χ0) is 15.5. The van der Waals surface area contributed by atoms with Gasteiger partial charge in [0.05, 0.1) is 28.6 Å². The molecular formula is C14H13N3O3S. The Hall–Kier alpha value is -2.46. The van der Waals surface area contributed by atoms with E-state index in [0.717, 1.165) is 0 Å². The minimum Gasteiger partial charge on any atom is -0.298 e. The van der Waals surface area contributed by atoms with E-state index in [1.807, 2.05) is 6.07 Å². The normalized spacial score (nSPS) is 11.0. The van der Waals surface area contributed by atoms with Gasteiger partial charge in [-0.25, -0.2) is 13.4 Å². The monoisotopic (exact) mass is 303 g/mol. The van der Waals surface area contributed by atoms with Crippen LogP contribution in [0.4, 0.5) is 0 Å². The Kier molecular flexibility index (Phi) is 4.19. The van der Waals surface area contributed by atoms with Crippen LogP contribution in [-0.2, 0) is 16.4 Å². The van der Waals surface area contributed by atoms with Crippen molar-refractivity contribution in [3.8, 4) is 6.07 Å². The SMILES string of the molecule is Cc1cc(=O)n(CCS(=O)(=O)c2ccc(C#N)cc2)cn1. The number of aromatic nitrogens is 2. The second-order valence-corrected chi connectivity index (χ2v) is 6.63. The largest absolute Gasteiger partial charge is 0.298 e. The lowest BCUT2D eigenvalue weighted by Gasteiger charge is -2.07. The molecule has 0 aliphatic heterocycles. The van der Waals surface area contributed by atoms with Gasteiger partial charge in [0.2, 0.25) is 0 Å². The van der Waals surface area contributed by atoms with Crippen molar-refractivity contribution >= 4 is 9.84 Å². The van der Waals surface area contributed by atoms with Gasteiger partial charge in [0.1, 0.15) is 0 Å². The summed E-state index contributed by atoms with van der Waals surface area (Å²) in [6, 6.07) is 8.97. The first-order valence-corrected chi connectivity index (χ1v) is 7.83. The van der Waals surface area contributed by atoms with Gasteiger partial charge in [-0.1, -0.05) is 0 Å². The number of aryl methyl sites for hydroxylation is 2. The van der Waals surface area contributed by atoms with E-state index in [1.54, 1.807) is 6.92 Å². The maximum absolute atomic E-state index is 12.2. The summed E-state index contributed by atoms with van der Waals surface area (Å²) < 4.78 is 25.6. The highest BCUT2D eigenvalue weighted by Crippen LogP contribution is 2.12. The van der Waals surface area contributed by atoms with Crippen LogP contribution < -0.4 is 5.56 Å². The van der Waals surface area contributed by atoms with Gasteiger partial charge in [0.25, 0.3) is 5.56 Å². The molecule has 0 saturated heterocycles. The average Bonchev–Trinajstić information content (AvgIpc) is 2.46. The van der Waals surface area contributed by atoms with Gasteiger partial charge in [0.15, 0.2) is 9.84 Å². The molecule has 2 aromatic rings. The Balaban J connectivity index is 2.17. The quantitative estimate of drug-likeness (QED) is 0.836. The van der Waals surface area contributed by atoms with Crippen LogP contribution in [0.1, 0.15) is 11.3 Å². The van der Waals surface area contributed by atoms with Crippen LogP contribution >= 0.6 is 0 Å². The number of rotatable bonds is 4. The Bertz CT molecular complexity index is 846. The van der Waals surface area contributed by atoms with Crippen LogP contribution in [0.3, 0.4) is 0 Å². The molecular weight excluding hydrogens is 290 g/mol. The Morgan fingerprint density at radius 2 is 1.95 bits per heavy atom. The van der Waals surface area contributed by atoms with Crippen LogP contribution in [-0.4, -0.2) is 23.7 Å². The van der Waals surface area contributed by atoms with Gasteiger partial charge in [-0.3, -0.25) is 9.36 Å². The molecule has 2 rings (SSSR count). The lowest BCUT2D eigenvalue weighted by atomic mass is 10.2. The Morgan fingerprint density at radius 1 is 1.29 bits per heavy atom. The van der Waals surface area contributed by atoms with Crippen molar-refractivity contribution in [3.63, 3.8) is 0 Å². The maximum Gasteiger partial charge on any atom is 0.253 e. The number of benzene rings is 1. The summed E-state index contributed by atoms with van der Waals surface area (Å²) in [4.78, 5) is 15.8. The van der Waals surface area contributed by atoms with E-state index >= 15 is 0 Å². The number of hydrogen-bond acceptors (Lipinski definition) is 5. The lowest BCUT2D eigenvalue weighted by Crippen LogP contribution is -2.24. The standard InChI is InChI=1S/C14H13N3O3S/c1-11-8-14(18)17(10-16-11)6-7-21(19,20)13-4-2-12(9-15)3-5-13/h2-5,8,10H,6-7H2,1H3. The number of sulfone groups is 1. The molecule has 1 heterocycles. The molecule has 1 aromatic heterocycles.